The lowest BCUT2D eigenvalue weighted by molar-refractivity contribution is -0.155. The molecule has 1 N–H and O–H groups in total. The molecule has 0 amide bonds. The van der Waals surface area contributed by atoms with Crippen LogP contribution < -0.4 is 0 Å². The summed E-state index contributed by atoms with van der Waals surface area (Å²) in [7, 11) is 0. The Morgan fingerprint density at radius 2 is 1.70 bits per heavy atom. The van der Waals surface area contributed by atoms with Gasteiger partial charge in [-0.15, -0.1) is 0 Å². The fourth-order valence-electron chi connectivity index (χ4n) is 3.15. The van der Waals surface area contributed by atoms with Gasteiger partial charge in [-0.3, -0.25) is 4.79 Å². The Morgan fingerprint density at radius 3 is 2.39 bits per heavy atom. The van der Waals surface area contributed by atoms with E-state index >= 15 is 0 Å². The fraction of sp³-hybridized carbons (Fsp3) is 0.350. The van der Waals surface area contributed by atoms with E-state index in [0.717, 1.165) is 16.7 Å². The van der Waals surface area contributed by atoms with Crippen molar-refractivity contribution in [1.82, 2.24) is 0 Å². The number of fused-ring (bicyclic) bond motifs is 1. The maximum atomic E-state index is 12.2. The molecule has 1 aliphatic carbocycles. The van der Waals surface area contributed by atoms with Crippen molar-refractivity contribution in [3.05, 3.63) is 71.3 Å². The zero-order valence-electron chi connectivity index (χ0n) is 13.3. The van der Waals surface area contributed by atoms with Gasteiger partial charge in [-0.25, -0.2) is 0 Å². The summed E-state index contributed by atoms with van der Waals surface area (Å²) >= 11 is 0. The van der Waals surface area contributed by atoms with E-state index in [1.807, 2.05) is 61.5 Å². The van der Waals surface area contributed by atoms with Crippen molar-refractivity contribution in [3.8, 4) is 0 Å². The molecule has 0 unspecified atom stereocenters. The predicted octanol–water partition coefficient (Wildman–Crippen LogP) is 3.25. The van der Waals surface area contributed by atoms with Crippen LogP contribution in [0.1, 0.15) is 36.0 Å². The summed E-state index contributed by atoms with van der Waals surface area (Å²) in [6, 6.07) is 17.9. The monoisotopic (exact) mass is 310 g/mol. The molecule has 0 fully saturated rings. The molecule has 1 aliphatic rings. The summed E-state index contributed by atoms with van der Waals surface area (Å²) in [5.74, 6) is -0.137. The molecule has 0 aliphatic heterocycles. The molecular formula is C20H22O3. The van der Waals surface area contributed by atoms with E-state index in [-0.39, 0.29) is 11.9 Å². The van der Waals surface area contributed by atoms with Crippen molar-refractivity contribution in [2.75, 3.05) is 0 Å². The Hall–Kier alpha value is -2.13. The van der Waals surface area contributed by atoms with Crippen LogP contribution in [0.5, 0.6) is 0 Å². The van der Waals surface area contributed by atoms with Gasteiger partial charge in [-0.05, 0) is 22.6 Å². The van der Waals surface area contributed by atoms with Crippen molar-refractivity contribution >= 4 is 5.97 Å². The lowest BCUT2D eigenvalue weighted by Crippen LogP contribution is -2.38. The molecule has 0 saturated carbocycles. The number of carbonyl (C=O) groups excluding carboxylic acids is 1. The number of hydrogen-bond donors (Lipinski definition) is 1. The van der Waals surface area contributed by atoms with Crippen molar-refractivity contribution < 1.29 is 14.6 Å². The van der Waals surface area contributed by atoms with Crippen LogP contribution in [0, 0.1) is 0 Å². The Morgan fingerprint density at radius 1 is 1.09 bits per heavy atom. The number of hydrogen-bond acceptors (Lipinski definition) is 3. The number of aliphatic hydroxyl groups excluding tert-OH is 1. The molecule has 120 valence electrons. The minimum absolute atomic E-state index is 0.108. The van der Waals surface area contributed by atoms with Crippen LogP contribution >= 0.6 is 0 Å². The van der Waals surface area contributed by atoms with Crippen LogP contribution in [0.2, 0.25) is 0 Å². The number of ether oxygens (including phenoxy) is 1. The topological polar surface area (TPSA) is 46.5 Å². The molecule has 0 heterocycles. The SMILES string of the molecule is C[C@H](CC(=O)O[C@@H]1Cc2ccccc2C[C@H]1O)c1ccccc1. The zero-order valence-corrected chi connectivity index (χ0v) is 13.3. The molecule has 3 atom stereocenters. The Kier molecular flexibility index (Phi) is 4.77. The number of rotatable bonds is 4. The van der Waals surface area contributed by atoms with Crippen LogP contribution in [-0.4, -0.2) is 23.3 Å². The minimum atomic E-state index is -0.624. The third-order valence-electron chi connectivity index (χ3n) is 4.52. The quantitative estimate of drug-likeness (QED) is 0.882. The van der Waals surface area contributed by atoms with Gasteiger partial charge in [0.1, 0.15) is 6.10 Å². The van der Waals surface area contributed by atoms with Gasteiger partial charge in [0.15, 0.2) is 0 Å². The van der Waals surface area contributed by atoms with Crippen LogP contribution in [0.25, 0.3) is 0 Å². The van der Waals surface area contributed by atoms with E-state index in [9.17, 15) is 9.90 Å². The summed E-state index contributed by atoms with van der Waals surface area (Å²) in [6.45, 7) is 2.02. The fourth-order valence-corrected chi connectivity index (χ4v) is 3.15. The number of aliphatic hydroxyl groups is 1. The van der Waals surface area contributed by atoms with E-state index in [4.69, 9.17) is 4.74 Å². The third-order valence-corrected chi connectivity index (χ3v) is 4.52. The highest BCUT2D eigenvalue weighted by Gasteiger charge is 2.30. The van der Waals surface area contributed by atoms with Gasteiger partial charge < -0.3 is 9.84 Å². The first kappa shape index (κ1) is 15.8. The highest BCUT2D eigenvalue weighted by atomic mass is 16.6. The van der Waals surface area contributed by atoms with E-state index in [0.29, 0.717) is 19.3 Å². The first-order valence-electron chi connectivity index (χ1n) is 8.12. The van der Waals surface area contributed by atoms with Gasteiger partial charge in [-0.2, -0.15) is 0 Å². The van der Waals surface area contributed by atoms with Gasteiger partial charge >= 0.3 is 5.97 Å². The Balaban J connectivity index is 1.60. The second kappa shape index (κ2) is 6.97. The second-order valence-electron chi connectivity index (χ2n) is 6.29. The Bertz CT molecular complexity index is 666. The zero-order chi connectivity index (χ0) is 16.2. The molecular weight excluding hydrogens is 288 g/mol. The van der Waals surface area contributed by atoms with Crippen molar-refractivity contribution in [2.45, 2.75) is 44.3 Å². The van der Waals surface area contributed by atoms with Crippen molar-refractivity contribution in [1.29, 1.82) is 0 Å². The van der Waals surface area contributed by atoms with Gasteiger partial charge in [0.2, 0.25) is 0 Å². The highest BCUT2D eigenvalue weighted by molar-refractivity contribution is 5.70. The first-order chi connectivity index (χ1) is 11.1. The van der Waals surface area contributed by atoms with E-state index < -0.39 is 12.2 Å². The van der Waals surface area contributed by atoms with Crippen molar-refractivity contribution in [2.24, 2.45) is 0 Å². The van der Waals surface area contributed by atoms with Gasteiger partial charge in [-0.1, -0.05) is 61.5 Å². The predicted molar refractivity (Wildman–Crippen MR) is 89.2 cm³/mol. The minimum Gasteiger partial charge on any atom is -0.459 e. The molecule has 0 saturated heterocycles. The molecule has 2 aromatic carbocycles. The molecule has 0 radical (unpaired) electrons. The average Bonchev–Trinajstić information content (AvgIpc) is 2.56. The third kappa shape index (κ3) is 3.80. The molecule has 0 bridgehead atoms. The normalized spacial score (nSPS) is 21.3. The summed E-state index contributed by atoms with van der Waals surface area (Å²) in [4.78, 5) is 12.2. The standard InChI is InChI=1S/C20H22O3/c1-14(15-7-3-2-4-8-15)11-20(22)23-19-13-17-10-6-5-9-16(17)12-18(19)21/h2-10,14,18-19,21H,11-13H2,1H3/t14-,18-,19-/m1/s1. The molecule has 0 aromatic heterocycles. The summed E-state index contributed by atoms with van der Waals surface area (Å²) in [6.07, 6.45) is 0.390. The van der Waals surface area contributed by atoms with E-state index in [2.05, 4.69) is 0 Å². The van der Waals surface area contributed by atoms with Gasteiger partial charge in [0.25, 0.3) is 0 Å². The molecule has 2 aromatic rings. The van der Waals surface area contributed by atoms with Crippen molar-refractivity contribution in [3.63, 3.8) is 0 Å². The lowest BCUT2D eigenvalue weighted by Gasteiger charge is -2.29. The number of benzene rings is 2. The Labute approximate surface area is 136 Å². The van der Waals surface area contributed by atoms with E-state index in [1.54, 1.807) is 0 Å². The summed E-state index contributed by atoms with van der Waals surface area (Å²) < 4.78 is 5.56. The van der Waals surface area contributed by atoms with Crippen LogP contribution in [-0.2, 0) is 22.4 Å². The van der Waals surface area contributed by atoms with Gasteiger partial charge in [0.05, 0.1) is 12.5 Å². The highest BCUT2D eigenvalue weighted by Crippen LogP contribution is 2.25. The largest absolute Gasteiger partial charge is 0.459 e. The molecule has 3 heteroatoms. The maximum absolute atomic E-state index is 12.2. The number of esters is 1. The molecule has 23 heavy (non-hydrogen) atoms. The smallest absolute Gasteiger partial charge is 0.306 e. The molecule has 0 spiro atoms. The molecule has 3 nitrogen and oxygen atoms in total. The summed E-state index contributed by atoms with van der Waals surface area (Å²) in [5, 5.41) is 10.2. The van der Waals surface area contributed by atoms with Gasteiger partial charge in [0, 0.05) is 12.8 Å². The average molecular weight is 310 g/mol. The first-order valence-corrected chi connectivity index (χ1v) is 8.12. The number of carbonyl (C=O) groups is 1. The van der Waals surface area contributed by atoms with Crippen LogP contribution in [0.15, 0.2) is 54.6 Å². The summed E-state index contributed by atoms with van der Waals surface area (Å²) in [5.41, 5.74) is 3.43. The lowest BCUT2D eigenvalue weighted by atomic mass is 9.87. The van der Waals surface area contributed by atoms with E-state index in [1.165, 1.54) is 0 Å². The second-order valence-corrected chi connectivity index (χ2v) is 6.29. The van der Waals surface area contributed by atoms with Crippen LogP contribution in [0.4, 0.5) is 0 Å². The molecule has 3 rings (SSSR count). The van der Waals surface area contributed by atoms with Crippen LogP contribution in [0.3, 0.4) is 0 Å². The maximum Gasteiger partial charge on any atom is 0.306 e.